The normalized spacial score (nSPS) is 12.0. The van der Waals surface area contributed by atoms with Gasteiger partial charge in [-0.2, -0.15) is 0 Å². The summed E-state index contributed by atoms with van der Waals surface area (Å²) in [5.41, 5.74) is 3.02. The number of hydrogen-bond donors (Lipinski definition) is 1. The summed E-state index contributed by atoms with van der Waals surface area (Å²) in [6, 6.07) is 23.3. The number of benzene rings is 3. The van der Waals surface area contributed by atoms with Crippen LogP contribution in [0.1, 0.15) is 26.3 Å². The van der Waals surface area contributed by atoms with Crippen LogP contribution in [0.2, 0.25) is 0 Å². The number of aromatic nitrogens is 2. The van der Waals surface area contributed by atoms with Gasteiger partial charge in [0.15, 0.2) is 0 Å². The molecule has 0 atom stereocenters. The van der Waals surface area contributed by atoms with E-state index in [0.29, 0.717) is 23.0 Å². The molecule has 0 unspecified atom stereocenters. The highest BCUT2D eigenvalue weighted by atomic mass is 32.2. The monoisotopic (exact) mass is 433 g/mol. The van der Waals surface area contributed by atoms with Crippen LogP contribution in [0.4, 0.5) is 5.69 Å². The zero-order valence-corrected chi connectivity index (χ0v) is 18.3. The lowest BCUT2D eigenvalue weighted by atomic mass is 9.87. The van der Waals surface area contributed by atoms with E-state index in [1.807, 2.05) is 42.5 Å². The Morgan fingerprint density at radius 2 is 1.29 bits per heavy atom. The molecule has 0 aliphatic rings. The van der Waals surface area contributed by atoms with Gasteiger partial charge in [0.2, 0.25) is 11.8 Å². The van der Waals surface area contributed by atoms with Gasteiger partial charge in [0, 0.05) is 16.8 Å². The van der Waals surface area contributed by atoms with Crippen molar-refractivity contribution < 1.29 is 12.8 Å². The molecule has 0 saturated carbocycles. The molecule has 0 spiro atoms. The highest BCUT2D eigenvalue weighted by Gasteiger charge is 2.18. The van der Waals surface area contributed by atoms with Gasteiger partial charge < -0.3 is 4.42 Å². The zero-order valence-electron chi connectivity index (χ0n) is 17.5. The Bertz CT molecular complexity index is 1270. The average Bonchev–Trinajstić information content (AvgIpc) is 3.24. The van der Waals surface area contributed by atoms with Crippen LogP contribution in [0, 0.1) is 0 Å². The van der Waals surface area contributed by atoms with Crippen molar-refractivity contribution in [3.63, 3.8) is 0 Å². The van der Waals surface area contributed by atoms with Gasteiger partial charge in [0.25, 0.3) is 10.0 Å². The fourth-order valence-electron chi connectivity index (χ4n) is 3.07. The maximum Gasteiger partial charge on any atom is 0.261 e. The van der Waals surface area contributed by atoms with Crippen LogP contribution in [0.5, 0.6) is 0 Å². The Morgan fingerprint density at radius 1 is 0.742 bits per heavy atom. The third-order valence-corrected chi connectivity index (χ3v) is 6.26. The molecule has 6 nitrogen and oxygen atoms in total. The van der Waals surface area contributed by atoms with Crippen molar-refractivity contribution in [3.8, 4) is 22.9 Å². The van der Waals surface area contributed by atoms with Gasteiger partial charge in [-0.1, -0.05) is 51.1 Å². The number of sulfonamides is 1. The van der Waals surface area contributed by atoms with E-state index in [1.165, 1.54) is 0 Å². The van der Waals surface area contributed by atoms with E-state index in [0.717, 1.165) is 11.1 Å². The van der Waals surface area contributed by atoms with Crippen molar-refractivity contribution in [1.82, 2.24) is 10.2 Å². The predicted octanol–water partition coefficient (Wildman–Crippen LogP) is 5.50. The van der Waals surface area contributed by atoms with Crippen LogP contribution < -0.4 is 4.72 Å². The Kier molecular flexibility index (Phi) is 5.37. The summed E-state index contributed by atoms with van der Waals surface area (Å²) < 4.78 is 33.8. The third kappa shape index (κ3) is 4.67. The van der Waals surface area contributed by atoms with E-state index in [4.69, 9.17) is 4.42 Å². The van der Waals surface area contributed by atoms with Crippen molar-refractivity contribution in [2.45, 2.75) is 31.1 Å². The lowest BCUT2D eigenvalue weighted by Gasteiger charge is -2.19. The largest absolute Gasteiger partial charge is 0.416 e. The van der Waals surface area contributed by atoms with E-state index >= 15 is 0 Å². The summed E-state index contributed by atoms with van der Waals surface area (Å²) in [5, 5.41) is 8.17. The van der Waals surface area contributed by atoms with E-state index in [-0.39, 0.29) is 10.3 Å². The fraction of sp³-hybridized carbons (Fsp3) is 0.167. The minimum Gasteiger partial charge on any atom is -0.416 e. The molecule has 4 aromatic rings. The molecule has 0 amide bonds. The van der Waals surface area contributed by atoms with Gasteiger partial charge in [0.1, 0.15) is 0 Å². The van der Waals surface area contributed by atoms with Crippen LogP contribution in [-0.2, 0) is 15.4 Å². The lowest BCUT2D eigenvalue weighted by molar-refractivity contribution is 0.584. The second-order valence-corrected chi connectivity index (χ2v) is 9.92. The van der Waals surface area contributed by atoms with Crippen LogP contribution in [0.15, 0.2) is 88.2 Å². The smallest absolute Gasteiger partial charge is 0.261 e. The molecule has 1 heterocycles. The van der Waals surface area contributed by atoms with E-state index in [9.17, 15) is 8.42 Å². The average molecular weight is 434 g/mol. The Labute approximate surface area is 182 Å². The topological polar surface area (TPSA) is 85.1 Å². The summed E-state index contributed by atoms with van der Waals surface area (Å²) in [4.78, 5) is 0.217. The van der Waals surface area contributed by atoms with Crippen LogP contribution in [-0.4, -0.2) is 18.6 Å². The molecule has 4 rings (SSSR count). The highest BCUT2D eigenvalue weighted by molar-refractivity contribution is 7.92. The molecule has 3 aromatic carbocycles. The van der Waals surface area contributed by atoms with E-state index < -0.39 is 10.0 Å². The minimum absolute atomic E-state index is 0.0410. The molecule has 31 heavy (non-hydrogen) atoms. The van der Waals surface area contributed by atoms with Gasteiger partial charge in [0.05, 0.1) is 4.90 Å². The number of nitrogens with one attached hydrogen (secondary N) is 1. The van der Waals surface area contributed by atoms with E-state index in [2.05, 4.69) is 35.7 Å². The molecular formula is C24H23N3O3S. The van der Waals surface area contributed by atoms with Gasteiger partial charge in [-0.25, -0.2) is 8.42 Å². The molecule has 158 valence electrons. The first kappa shape index (κ1) is 20.8. The Balaban J connectivity index is 1.50. The summed E-state index contributed by atoms with van der Waals surface area (Å²) in [6.07, 6.45) is 0. The van der Waals surface area contributed by atoms with Gasteiger partial charge >= 0.3 is 0 Å². The Morgan fingerprint density at radius 3 is 1.84 bits per heavy atom. The predicted molar refractivity (Wildman–Crippen MR) is 121 cm³/mol. The molecular weight excluding hydrogens is 410 g/mol. The first-order valence-electron chi connectivity index (χ1n) is 9.85. The SMILES string of the molecule is CC(C)(C)c1ccc(S(=O)(=O)Nc2ccc(-c3nnc(-c4ccccc4)o3)cc2)cc1. The lowest BCUT2D eigenvalue weighted by Crippen LogP contribution is -2.14. The maximum atomic E-state index is 12.7. The van der Waals surface area contributed by atoms with Crippen molar-refractivity contribution in [2.24, 2.45) is 0 Å². The number of rotatable bonds is 5. The number of anilines is 1. The van der Waals surface area contributed by atoms with Crippen molar-refractivity contribution in [2.75, 3.05) is 4.72 Å². The zero-order chi connectivity index (χ0) is 22.1. The van der Waals surface area contributed by atoms with Crippen LogP contribution >= 0.6 is 0 Å². The summed E-state index contributed by atoms with van der Waals surface area (Å²) in [7, 11) is -3.69. The molecule has 0 aliphatic heterocycles. The minimum atomic E-state index is -3.69. The highest BCUT2D eigenvalue weighted by Crippen LogP contribution is 2.27. The molecule has 0 saturated heterocycles. The summed E-state index contributed by atoms with van der Waals surface area (Å²) >= 11 is 0. The quantitative estimate of drug-likeness (QED) is 0.449. The molecule has 0 bridgehead atoms. The van der Waals surface area contributed by atoms with Crippen LogP contribution in [0.25, 0.3) is 22.9 Å². The van der Waals surface area contributed by atoms with Crippen molar-refractivity contribution in [3.05, 3.63) is 84.4 Å². The maximum absolute atomic E-state index is 12.7. The van der Waals surface area contributed by atoms with Crippen molar-refractivity contribution in [1.29, 1.82) is 0 Å². The molecule has 0 radical (unpaired) electrons. The standard InChI is InChI=1S/C24H23N3O3S/c1-24(2,3)19-11-15-21(16-12-19)31(28,29)27-20-13-9-18(10-14-20)23-26-25-22(30-23)17-7-5-4-6-8-17/h4-16,27H,1-3H3. The first-order valence-corrected chi connectivity index (χ1v) is 11.3. The molecule has 1 N–H and O–H groups in total. The summed E-state index contributed by atoms with van der Waals surface area (Å²) in [5.74, 6) is 0.796. The number of nitrogens with zero attached hydrogens (tertiary/aromatic N) is 2. The molecule has 1 aromatic heterocycles. The fourth-order valence-corrected chi connectivity index (χ4v) is 4.12. The second-order valence-electron chi connectivity index (χ2n) is 8.24. The summed E-state index contributed by atoms with van der Waals surface area (Å²) in [6.45, 7) is 6.26. The number of hydrogen-bond acceptors (Lipinski definition) is 5. The van der Waals surface area contributed by atoms with Crippen molar-refractivity contribution >= 4 is 15.7 Å². The van der Waals surface area contributed by atoms with Gasteiger partial charge in [-0.3, -0.25) is 4.72 Å². The van der Waals surface area contributed by atoms with Crippen LogP contribution in [0.3, 0.4) is 0 Å². The molecule has 0 fully saturated rings. The molecule has 0 aliphatic carbocycles. The Hall–Kier alpha value is -3.45. The van der Waals surface area contributed by atoms with E-state index in [1.54, 1.807) is 36.4 Å². The van der Waals surface area contributed by atoms with Gasteiger partial charge in [-0.05, 0) is 59.5 Å². The third-order valence-electron chi connectivity index (χ3n) is 4.86. The van der Waals surface area contributed by atoms with Gasteiger partial charge in [-0.15, -0.1) is 10.2 Å². The first-order chi connectivity index (χ1) is 14.7. The second kappa shape index (κ2) is 8.00. The molecule has 7 heteroatoms.